The van der Waals surface area contributed by atoms with Gasteiger partial charge in [0.2, 0.25) is 0 Å². The van der Waals surface area contributed by atoms with Gasteiger partial charge in [0.05, 0.1) is 11.9 Å². The van der Waals surface area contributed by atoms with Gasteiger partial charge in [0.15, 0.2) is 0 Å². The van der Waals surface area contributed by atoms with Crippen molar-refractivity contribution in [2.24, 2.45) is 0 Å². The zero-order valence-corrected chi connectivity index (χ0v) is 12.1. The van der Waals surface area contributed by atoms with E-state index in [9.17, 15) is 0 Å². The van der Waals surface area contributed by atoms with Crippen LogP contribution in [0.25, 0.3) is 11.0 Å². The van der Waals surface area contributed by atoms with Crippen LogP contribution in [0.2, 0.25) is 0 Å². The number of nitrogens with two attached hydrogens (primary N) is 1. The number of nitrogen functional groups attached to an aromatic ring is 1. The normalized spacial score (nSPS) is 11.3. The third-order valence-corrected chi connectivity index (χ3v) is 4.26. The number of anilines is 1. The van der Waals surface area contributed by atoms with Crippen LogP contribution in [0.4, 0.5) is 5.82 Å². The molecule has 0 radical (unpaired) electrons. The molecular weight excluding hydrogens is 256 g/mol. The van der Waals surface area contributed by atoms with E-state index in [2.05, 4.69) is 45.2 Å². The SMILES string of the molecule is Cc1nc(N)c2c(C)c(C)n(Cc3ccsc3)c2n1. The number of fused-ring (bicyclic) bond motifs is 1. The highest BCUT2D eigenvalue weighted by molar-refractivity contribution is 7.07. The first-order chi connectivity index (χ1) is 9.08. The third kappa shape index (κ3) is 1.90. The molecule has 0 aliphatic rings. The van der Waals surface area contributed by atoms with E-state index in [1.807, 2.05) is 6.92 Å². The Morgan fingerprint density at radius 2 is 2.05 bits per heavy atom. The summed E-state index contributed by atoms with van der Waals surface area (Å²) >= 11 is 1.71. The van der Waals surface area contributed by atoms with Crippen molar-refractivity contribution in [2.75, 3.05) is 5.73 Å². The zero-order valence-electron chi connectivity index (χ0n) is 11.3. The van der Waals surface area contributed by atoms with Gasteiger partial charge in [-0.15, -0.1) is 0 Å². The second-order valence-electron chi connectivity index (χ2n) is 4.78. The summed E-state index contributed by atoms with van der Waals surface area (Å²) in [6.45, 7) is 6.90. The maximum Gasteiger partial charge on any atom is 0.146 e. The lowest BCUT2D eigenvalue weighted by atomic mass is 10.2. The van der Waals surface area contributed by atoms with E-state index in [4.69, 9.17) is 5.73 Å². The fraction of sp³-hybridized carbons (Fsp3) is 0.286. The Labute approximate surface area is 115 Å². The van der Waals surface area contributed by atoms with Crippen molar-refractivity contribution in [1.82, 2.24) is 14.5 Å². The second-order valence-corrected chi connectivity index (χ2v) is 5.56. The monoisotopic (exact) mass is 272 g/mol. The highest BCUT2D eigenvalue weighted by Crippen LogP contribution is 2.28. The molecule has 0 aromatic carbocycles. The molecule has 2 N–H and O–H groups in total. The Bertz CT molecular complexity index is 741. The summed E-state index contributed by atoms with van der Waals surface area (Å²) in [4.78, 5) is 8.84. The first-order valence-corrected chi connectivity index (χ1v) is 7.12. The van der Waals surface area contributed by atoms with Crippen molar-refractivity contribution in [3.8, 4) is 0 Å². The summed E-state index contributed by atoms with van der Waals surface area (Å²) in [5, 5.41) is 5.24. The second kappa shape index (κ2) is 4.35. The van der Waals surface area contributed by atoms with Gasteiger partial charge in [0.25, 0.3) is 0 Å². The predicted molar refractivity (Wildman–Crippen MR) is 79.6 cm³/mol. The zero-order chi connectivity index (χ0) is 13.6. The van der Waals surface area contributed by atoms with E-state index in [0.717, 1.165) is 17.6 Å². The summed E-state index contributed by atoms with van der Waals surface area (Å²) in [5.41, 5.74) is 10.6. The van der Waals surface area contributed by atoms with Crippen LogP contribution in [0.3, 0.4) is 0 Å². The van der Waals surface area contributed by atoms with Crippen LogP contribution in [0.15, 0.2) is 16.8 Å². The van der Waals surface area contributed by atoms with Gasteiger partial charge in [-0.05, 0) is 48.7 Å². The Kier molecular flexibility index (Phi) is 2.78. The number of aromatic nitrogens is 3. The molecule has 3 aromatic heterocycles. The minimum Gasteiger partial charge on any atom is -0.383 e. The average Bonchev–Trinajstić information content (AvgIpc) is 2.93. The Morgan fingerprint density at radius 1 is 1.26 bits per heavy atom. The van der Waals surface area contributed by atoms with Crippen LogP contribution >= 0.6 is 11.3 Å². The lowest BCUT2D eigenvalue weighted by Gasteiger charge is -2.07. The lowest BCUT2D eigenvalue weighted by molar-refractivity contribution is 0.790. The van der Waals surface area contributed by atoms with Gasteiger partial charge in [0.1, 0.15) is 17.3 Å². The number of hydrogen-bond acceptors (Lipinski definition) is 4. The minimum atomic E-state index is 0.576. The van der Waals surface area contributed by atoms with Crippen molar-refractivity contribution in [2.45, 2.75) is 27.3 Å². The molecule has 0 fully saturated rings. The van der Waals surface area contributed by atoms with Crippen LogP contribution < -0.4 is 5.73 Å². The van der Waals surface area contributed by atoms with E-state index >= 15 is 0 Å². The maximum atomic E-state index is 6.05. The van der Waals surface area contributed by atoms with Crippen molar-refractivity contribution in [1.29, 1.82) is 0 Å². The van der Waals surface area contributed by atoms with Crippen molar-refractivity contribution < 1.29 is 0 Å². The fourth-order valence-corrected chi connectivity index (χ4v) is 3.09. The average molecular weight is 272 g/mol. The molecule has 3 aromatic rings. The molecule has 4 nitrogen and oxygen atoms in total. The molecule has 0 bridgehead atoms. The number of nitrogens with zero attached hydrogens (tertiary/aromatic N) is 3. The van der Waals surface area contributed by atoms with E-state index in [1.54, 1.807) is 11.3 Å². The van der Waals surface area contributed by atoms with Crippen LogP contribution in [0.1, 0.15) is 22.6 Å². The van der Waals surface area contributed by atoms with Crippen LogP contribution in [0.5, 0.6) is 0 Å². The summed E-state index contributed by atoms with van der Waals surface area (Å²) in [7, 11) is 0. The van der Waals surface area contributed by atoms with Gasteiger partial charge in [-0.1, -0.05) is 0 Å². The molecule has 3 heterocycles. The first kappa shape index (κ1) is 12.2. The summed E-state index contributed by atoms with van der Waals surface area (Å²) in [6, 6.07) is 2.14. The van der Waals surface area contributed by atoms with Crippen molar-refractivity contribution in [3.05, 3.63) is 39.5 Å². The number of rotatable bonds is 2. The van der Waals surface area contributed by atoms with Gasteiger partial charge in [-0.25, -0.2) is 9.97 Å². The molecule has 0 unspecified atom stereocenters. The predicted octanol–water partition coefficient (Wildman–Crippen LogP) is 3.05. The molecule has 0 atom stereocenters. The summed E-state index contributed by atoms with van der Waals surface area (Å²) < 4.78 is 2.22. The van der Waals surface area contributed by atoms with E-state index in [0.29, 0.717) is 11.6 Å². The van der Waals surface area contributed by atoms with E-state index in [-0.39, 0.29) is 0 Å². The van der Waals surface area contributed by atoms with Gasteiger partial charge < -0.3 is 10.3 Å². The van der Waals surface area contributed by atoms with Gasteiger partial charge in [-0.2, -0.15) is 11.3 Å². The fourth-order valence-electron chi connectivity index (χ4n) is 2.43. The maximum absolute atomic E-state index is 6.05. The molecule has 0 aliphatic carbocycles. The quantitative estimate of drug-likeness (QED) is 0.780. The van der Waals surface area contributed by atoms with Crippen LogP contribution in [0, 0.1) is 20.8 Å². The minimum absolute atomic E-state index is 0.576. The largest absolute Gasteiger partial charge is 0.383 e. The molecule has 3 rings (SSSR count). The third-order valence-electron chi connectivity index (χ3n) is 3.53. The number of aryl methyl sites for hydroxylation is 2. The van der Waals surface area contributed by atoms with E-state index < -0.39 is 0 Å². The molecule has 0 saturated heterocycles. The number of thiophene rings is 1. The molecule has 98 valence electrons. The molecule has 5 heteroatoms. The lowest BCUT2D eigenvalue weighted by Crippen LogP contribution is -2.04. The molecule has 19 heavy (non-hydrogen) atoms. The highest BCUT2D eigenvalue weighted by atomic mass is 32.1. The van der Waals surface area contributed by atoms with E-state index in [1.165, 1.54) is 16.8 Å². The Morgan fingerprint density at radius 3 is 2.74 bits per heavy atom. The highest BCUT2D eigenvalue weighted by Gasteiger charge is 2.16. The van der Waals surface area contributed by atoms with Crippen LogP contribution in [-0.2, 0) is 6.54 Å². The molecule has 0 aliphatic heterocycles. The first-order valence-electron chi connectivity index (χ1n) is 6.18. The molecule has 0 saturated carbocycles. The van der Waals surface area contributed by atoms with Gasteiger partial charge in [0, 0.05) is 5.69 Å². The summed E-state index contributed by atoms with van der Waals surface area (Å²) in [6.07, 6.45) is 0. The molecule has 0 amide bonds. The standard InChI is InChI=1S/C14H16N4S/c1-8-9(2)18(6-11-4-5-19-7-11)14-12(8)13(15)16-10(3)17-14/h4-5,7H,6H2,1-3H3,(H2,15,16,17). The molecule has 0 spiro atoms. The van der Waals surface area contributed by atoms with Crippen LogP contribution in [-0.4, -0.2) is 14.5 Å². The van der Waals surface area contributed by atoms with Gasteiger partial charge in [-0.3, -0.25) is 0 Å². The Hall–Kier alpha value is -1.88. The topological polar surface area (TPSA) is 56.7 Å². The smallest absolute Gasteiger partial charge is 0.146 e. The number of hydrogen-bond donors (Lipinski definition) is 1. The van der Waals surface area contributed by atoms with Crippen molar-refractivity contribution >= 4 is 28.2 Å². The van der Waals surface area contributed by atoms with Crippen molar-refractivity contribution in [3.63, 3.8) is 0 Å². The Balaban J connectivity index is 2.26. The summed E-state index contributed by atoms with van der Waals surface area (Å²) in [5.74, 6) is 1.29. The van der Waals surface area contributed by atoms with Gasteiger partial charge >= 0.3 is 0 Å². The molecular formula is C14H16N4S.